The van der Waals surface area contributed by atoms with Crippen LogP contribution in [0, 0.1) is 0 Å². The number of piperazine rings is 1. The molecule has 1 saturated heterocycles. The van der Waals surface area contributed by atoms with Crippen LogP contribution in [-0.4, -0.2) is 67.3 Å². The second-order valence-corrected chi connectivity index (χ2v) is 9.56. The average Bonchev–Trinajstić information content (AvgIpc) is 2.40. The zero-order valence-electron chi connectivity index (χ0n) is 12.6. The van der Waals surface area contributed by atoms with Crippen LogP contribution in [0.5, 0.6) is 0 Å². The van der Waals surface area contributed by atoms with E-state index in [-0.39, 0.29) is 6.04 Å². The average molecular weight is 296 g/mol. The van der Waals surface area contributed by atoms with E-state index in [0.29, 0.717) is 6.54 Å². The standard InChI is InChI=1S/C15H25N2O2P/c1-16-9-10-17(12-15(18)20(2,3)19)14(11-16)13-7-5-4-6-8-13/h4-8,14-15,18H,9-12H2,1-3H3. The van der Waals surface area contributed by atoms with Crippen molar-refractivity contribution in [1.29, 1.82) is 0 Å². The zero-order chi connectivity index (χ0) is 14.8. The Morgan fingerprint density at radius 1 is 1.30 bits per heavy atom. The molecule has 5 heteroatoms. The maximum atomic E-state index is 12.0. The molecule has 112 valence electrons. The highest BCUT2D eigenvalue weighted by Gasteiger charge is 2.31. The molecule has 1 aromatic rings. The lowest BCUT2D eigenvalue weighted by molar-refractivity contribution is 0.0625. The van der Waals surface area contributed by atoms with Gasteiger partial charge in [0.1, 0.15) is 13.0 Å². The molecule has 1 fully saturated rings. The van der Waals surface area contributed by atoms with E-state index < -0.39 is 13.0 Å². The van der Waals surface area contributed by atoms with Gasteiger partial charge in [-0.05, 0) is 25.9 Å². The lowest BCUT2D eigenvalue weighted by atomic mass is 10.0. The number of likely N-dealkylation sites (N-methyl/N-ethyl adjacent to an activating group) is 1. The minimum absolute atomic E-state index is 0.260. The molecule has 20 heavy (non-hydrogen) atoms. The summed E-state index contributed by atoms with van der Waals surface area (Å²) in [5.41, 5.74) is 1.26. The van der Waals surface area contributed by atoms with Crippen molar-refractivity contribution >= 4 is 7.14 Å². The predicted octanol–water partition coefficient (Wildman–Crippen LogP) is 1.92. The van der Waals surface area contributed by atoms with Gasteiger partial charge in [0.15, 0.2) is 0 Å². The first-order chi connectivity index (χ1) is 9.38. The van der Waals surface area contributed by atoms with E-state index in [1.54, 1.807) is 13.3 Å². The van der Waals surface area contributed by atoms with Gasteiger partial charge in [0.05, 0.1) is 0 Å². The molecule has 0 aliphatic carbocycles. The topological polar surface area (TPSA) is 43.8 Å². The Labute approximate surface area is 121 Å². The molecule has 2 unspecified atom stereocenters. The molecule has 1 N–H and O–H groups in total. The SMILES string of the molecule is CN1CCN(CC(O)P(C)(C)=O)C(c2ccccc2)C1. The van der Waals surface area contributed by atoms with Crippen LogP contribution in [-0.2, 0) is 4.57 Å². The van der Waals surface area contributed by atoms with Crippen LogP contribution in [0.2, 0.25) is 0 Å². The van der Waals surface area contributed by atoms with Crippen LogP contribution in [0.1, 0.15) is 11.6 Å². The first-order valence-electron chi connectivity index (χ1n) is 7.08. The van der Waals surface area contributed by atoms with Crippen molar-refractivity contribution in [3.8, 4) is 0 Å². The second-order valence-electron chi connectivity index (χ2n) is 6.10. The Morgan fingerprint density at radius 2 is 1.95 bits per heavy atom. The fourth-order valence-electron chi connectivity index (χ4n) is 2.57. The molecule has 0 amide bonds. The molecule has 2 rings (SSSR count). The number of hydrogen-bond donors (Lipinski definition) is 1. The number of hydrogen-bond acceptors (Lipinski definition) is 4. The van der Waals surface area contributed by atoms with E-state index in [0.717, 1.165) is 19.6 Å². The van der Waals surface area contributed by atoms with Gasteiger partial charge in [-0.3, -0.25) is 4.90 Å². The van der Waals surface area contributed by atoms with E-state index in [1.165, 1.54) is 5.56 Å². The monoisotopic (exact) mass is 296 g/mol. The molecular weight excluding hydrogens is 271 g/mol. The van der Waals surface area contributed by atoms with E-state index in [2.05, 4.69) is 29.0 Å². The van der Waals surface area contributed by atoms with Gasteiger partial charge in [-0.15, -0.1) is 0 Å². The van der Waals surface area contributed by atoms with Crippen molar-refractivity contribution in [3.63, 3.8) is 0 Å². The summed E-state index contributed by atoms with van der Waals surface area (Å²) >= 11 is 0. The highest BCUT2D eigenvalue weighted by Crippen LogP contribution is 2.42. The summed E-state index contributed by atoms with van der Waals surface area (Å²) in [6.07, 6.45) is 0. The Balaban J connectivity index is 2.15. The smallest absolute Gasteiger partial charge is 0.119 e. The van der Waals surface area contributed by atoms with Crippen molar-refractivity contribution in [1.82, 2.24) is 9.80 Å². The third-order valence-corrected chi connectivity index (χ3v) is 5.59. The van der Waals surface area contributed by atoms with Crippen molar-refractivity contribution < 1.29 is 9.67 Å². The maximum Gasteiger partial charge on any atom is 0.119 e. The summed E-state index contributed by atoms with van der Waals surface area (Å²) in [5, 5.41) is 10.2. The fraction of sp³-hybridized carbons (Fsp3) is 0.600. The molecule has 4 nitrogen and oxygen atoms in total. The number of rotatable bonds is 4. The third-order valence-electron chi connectivity index (χ3n) is 3.99. The molecule has 0 bridgehead atoms. The van der Waals surface area contributed by atoms with E-state index in [1.807, 2.05) is 18.2 Å². The summed E-state index contributed by atoms with van der Waals surface area (Å²) in [5.74, 6) is -0.739. The molecule has 0 radical (unpaired) electrons. The van der Waals surface area contributed by atoms with E-state index >= 15 is 0 Å². The van der Waals surface area contributed by atoms with Crippen LogP contribution in [0.4, 0.5) is 0 Å². The number of β-amino-alcohol motifs (C(OH)–C–C–N with tert-alkyl or cyclic N) is 1. The largest absolute Gasteiger partial charge is 0.384 e. The molecule has 0 spiro atoms. The molecule has 2 atom stereocenters. The van der Waals surface area contributed by atoms with Gasteiger partial charge in [0.25, 0.3) is 0 Å². The number of aliphatic hydroxyl groups excluding tert-OH is 1. The Kier molecular flexibility index (Phi) is 5.03. The number of aliphatic hydroxyl groups is 1. The molecule has 1 aliphatic heterocycles. The summed E-state index contributed by atoms with van der Waals surface area (Å²) in [4.78, 5) is 4.57. The van der Waals surface area contributed by atoms with Crippen LogP contribution in [0.3, 0.4) is 0 Å². The summed E-state index contributed by atoms with van der Waals surface area (Å²) in [7, 11) is -0.337. The lowest BCUT2D eigenvalue weighted by Crippen LogP contribution is -2.49. The van der Waals surface area contributed by atoms with Gasteiger partial charge in [-0.25, -0.2) is 0 Å². The van der Waals surface area contributed by atoms with Gasteiger partial charge in [0.2, 0.25) is 0 Å². The quantitative estimate of drug-likeness (QED) is 0.862. The van der Waals surface area contributed by atoms with Gasteiger partial charge < -0.3 is 14.6 Å². The molecular formula is C15H25N2O2P. The fourth-order valence-corrected chi connectivity index (χ4v) is 3.18. The highest BCUT2D eigenvalue weighted by molar-refractivity contribution is 7.62. The Morgan fingerprint density at radius 3 is 2.55 bits per heavy atom. The minimum Gasteiger partial charge on any atom is -0.384 e. The normalized spacial score (nSPS) is 23.7. The van der Waals surface area contributed by atoms with Crippen LogP contribution in [0.15, 0.2) is 30.3 Å². The van der Waals surface area contributed by atoms with Crippen molar-refractivity contribution in [3.05, 3.63) is 35.9 Å². The van der Waals surface area contributed by atoms with Crippen molar-refractivity contribution in [2.45, 2.75) is 11.9 Å². The molecule has 1 heterocycles. The van der Waals surface area contributed by atoms with Gasteiger partial charge in [-0.1, -0.05) is 30.3 Å². The zero-order valence-corrected chi connectivity index (χ0v) is 13.5. The van der Waals surface area contributed by atoms with Crippen molar-refractivity contribution in [2.75, 3.05) is 46.6 Å². The molecule has 0 saturated carbocycles. The summed E-state index contributed by atoms with van der Waals surface area (Å²) < 4.78 is 12.0. The molecule has 1 aliphatic rings. The van der Waals surface area contributed by atoms with Crippen LogP contribution in [0.25, 0.3) is 0 Å². The lowest BCUT2D eigenvalue weighted by Gasteiger charge is -2.41. The number of nitrogens with zero attached hydrogens (tertiary/aromatic N) is 2. The Bertz CT molecular complexity index is 474. The summed E-state index contributed by atoms with van der Waals surface area (Å²) in [6.45, 7) is 6.61. The van der Waals surface area contributed by atoms with Crippen LogP contribution < -0.4 is 0 Å². The molecule has 1 aromatic carbocycles. The van der Waals surface area contributed by atoms with E-state index in [9.17, 15) is 9.67 Å². The van der Waals surface area contributed by atoms with Gasteiger partial charge >= 0.3 is 0 Å². The maximum absolute atomic E-state index is 12.0. The summed E-state index contributed by atoms with van der Waals surface area (Å²) in [6, 6.07) is 10.6. The Hall–Kier alpha value is -0.670. The first kappa shape index (κ1) is 15.7. The third kappa shape index (κ3) is 3.92. The van der Waals surface area contributed by atoms with Gasteiger partial charge in [0, 0.05) is 32.2 Å². The van der Waals surface area contributed by atoms with Crippen molar-refractivity contribution in [2.24, 2.45) is 0 Å². The first-order valence-corrected chi connectivity index (χ1v) is 9.75. The predicted molar refractivity (Wildman–Crippen MR) is 83.7 cm³/mol. The van der Waals surface area contributed by atoms with E-state index in [4.69, 9.17) is 0 Å². The second kappa shape index (κ2) is 6.40. The number of benzene rings is 1. The minimum atomic E-state index is -2.46. The van der Waals surface area contributed by atoms with Crippen LogP contribution >= 0.6 is 7.14 Å². The van der Waals surface area contributed by atoms with Gasteiger partial charge in [-0.2, -0.15) is 0 Å². The molecule has 0 aromatic heterocycles. The highest BCUT2D eigenvalue weighted by atomic mass is 31.2.